The maximum absolute atomic E-state index is 11.4. The van der Waals surface area contributed by atoms with Gasteiger partial charge >= 0.3 is 0 Å². The Kier molecular flexibility index (Phi) is 2.43. The van der Waals surface area contributed by atoms with Crippen molar-refractivity contribution < 1.29 is 13.2 Å². The van der Waals surface area contributed by atoms with E-state index in [-0.39, 0.29) is 4.86 Å². The Morgan fingerprint density at radius 3 is 2.50 bits per heavy atom. The summed E-state index contributed by atoms with van der Waals surface area (Å²) < 4.78 is 21.9. The van der Waals surface area contributed by atoms with Crippen LogP contribution < -0.4 is 10.2 Å². The van der Waals surface area contributed by atoms with E-state index in [0.717, 1.165) is 5.69 Å². The molecular formula is C10H10N2O3S. The number of fused-ring (bicyclic) bond motifs is 1. The minimum Gasteiger partial charge on any atom is -0.378 e. The summed E-state index contributed by atoms with van der Waals surface area (Å²) in [7, 11) is 1.18. The van der Waals surface area contributed by atoms with Crippen molar-refractivity contribution in [3.8, 4) is 0 Å². The summed E-state index contributed by atoms with van der Waals surface area (Å²) >= 11 is 0. The number of anilines is 2. The molecule has 0 radical (unpaired) electrons. The smallest absolute Gasteiger partial charge is 0.272 e. The highest BCUT2D eigenvalue weighted by molar-refractivity contribution is 7.75. The molecule has 1 aromatic carbocycles. The molecule has 0 unspecified atom stereocenters. The van der Waals surface area contributed by atoms with Crippen LogP contribution in [-0.2, 0) is 15.1 Å². The molecule has 16 heavy (non-hydrogen) atoms. The Bertz CT molecular complexity index is 594. The average Bonchev–Trinajstić information content (AvgIpc) is 2.51. The summed E-state index contributed by atoms with van der Waals surface area (Å²) in [6, 6.07) is 5.19. The lowest BCUT2D eigenvalue weighted by molar-refractivity contribution is -0.109. The Hall–Kier alpha value is -1.82. The highest BCUT2D eigenvalue weighted by atomic mass is 32.2. The standard InChI is InChI=1S/C10H10N2O3S/c1-12(2)6-3-4-8-7(5-6)9(16(14)15)10(13)11-8/h3-5H,1-2H3,(H,11,13). The summed E-state index contributed by atoms with van der Waals surface area (Å²) in [6.07, 6.45) is 0. The van der Waals surface area contributed by atoms with Gasteiger partial charge in [0.1, 0.15) is 0 Å². The summed E-state index contributed by atoms with van der Waals surface area (Å²) in [5, 5.41) is 2.51. The van der Waals surface area contributed by atoms with Gasteiger partial charge in [-0.3, -0.25) is 4.79 Å². The molecule has 0 fully saturated rings. The number of hydrogen-bond donors (Lipinski definition) is 1. The summed E-state index contributed by atoms with van der Waals surface area (Å²) in [6.45, 7) is 0. The first kappa shape index (κ1) is 10.7. The van der Waals surface area contributed by atoms with Crippen LogP contribution in [0.25, 0.3) is 0 Å². The second-order valence-corrected chi connectivity index (χ2v) is 4.52. The van der Waals surface area contributed by atoms with E-state index in [4.69, 9.17) is 0 Å². The number of benzene rings is 1. The number of nitrogens with one attached hydrogen (secondary N) is 1. The minimum absolute atomic E-state index is 0.196. The van der Waals surface area contributed by atoms with Crippen molar-refractivity contribution in [3.63, 3.8) is 0 Å². The van der Waals surface area contributed by atoms with Gasteiger partial charge in [-0.2, -0.15) is 8.42 Å². The molecule has 2 rings (SSSR count). The predicted molar refractivity (Wildman–Crippen MR) is 62.4 cm³/mol. The molecule has 1 heterocycles. The lowest BCUT2D eigenvalue weighted by Crippen LogP contribution is -2.15. The van der Waals surface area contributed by atoms with Gasteiger partial charge in [-0.15, -0.1) is 0 Å². The zero-order valence-corrected chi connectivity index (χ0v) is 9.63. The van der Waals surface area contributed by atoms with Gasteiger partial charge in [0, 0.05) is 25.3 Å². The van der Waals surface area contributed by atoms with Gasteiger partial charge in [-0.1, -0.05) is 0 Å². The third-order valence-electron chi connectivity index (χ3n) is 2.39. The first-order valence-corrected chi connectivity index (χ1v) is 5.67. The molecule has 0 spiro atoms. The van der Waals surface area contributed by atoms with E-state index in [1.807, 2.05) is 25.1 Å². The fourth-order valence-corrected chi connectivity index (χ4v) is 2.12. The molecule has 0 saturated heterocycles. The van der Waals surface area contributed by atoms with E-state index in [1.54, 1.807) is 12.1 Å². The van der Waals surface area contributed by atoms with Crippen LogP contribution in [0.4, 0.5) is 11.4 Å². The number of hydrogen-bond acceptors (Lipinski definition) is 4. The largest absolute Gasteiger partial charge is 0.378 e. The van der Waals surface area contributed by atoms with Crippen LogP contribution in [0.1, 0.15) is 5.56 Å². The van der Waals surface area contributed by atoms with Crippen molar-refractivity contribution in [2.75, 3.05) is 24.3 Å². The maximum Gasteiger partial charge on any atom is 0.272 e. The van der Waals surface area contributed by atoms with Crippen molar-refractivity contribution in [1.82, 2.24) is 0 Å². The Morgan fingerprint density at radius 2 is 1.94 bits per heavy atom. The molecule has 0 bridgehead atoms. The molecule has 0 aliphatic carbocycles. The third kappa shape index (κ3) is 1.57. The first-order chi connectivity index (χ1) is 7.50. The van der Waals surface area contributed by atoms with E-state index in [0.29, 0.717) is 11.3 Å². The monoisotopic (exact) mass is 238 g/mol. The van der Waals surface area contributed by atoms with Gasteiger partial charge in [0.15, 0.2) is 4.86 Å². The number of carbonyl (C=O) groups excluding carboxylic acids is 1. The molecule has 0 atom stereocenters. The van der Waals surface area contributed by atoms with Crippen LogP contribution in [0.5, 0.6) is 0 Å². The molecule has 0 aromatic heterocycles. The van der Waals surface area contributed by atoms with Crippen LogP contribution in [0.2, 0.25) is 0 Å². The Balaban J connectivity index is 2.69. The van der Waals surface area contributed by atoms with E-state index in [1.165, 1.54) is 0 Å². The first-order valence-electron chi connectivity index (χ1n) is 4.60. The lowest BCUT2D eigenvalue weighted by Gasteiger charge is -2.12. The topological polar surface area (TPSA) is 66.5 Å². The van der Waals surface area contributed by atoms with Gasteiger partial charge in [-0.05, 0) is 18.2 Å². The number of amides is 1. The summed E-state index contributed by atoms with van der Waals surface area (Å²) in [5.41, 5.74) is 1.82. The van der Waals surface area contributed by atoms with E-state index >= 15 is 0 Å². The van der Waals surface area contributed by atoms with E-state index < -0.39 is 16.2 Å². The molecule has 84 valence electrons. The number of rotatable bonds is 1. The van der Waals surface area contributed by atoms with Gasteiger partial charge in [0.2, 0.25) is 10.3 Å². The molecular weight excluding hydrogens is 228 g/mol. The zero-order valence-electron chi connectivity index (χ0n) is 8.81. The second-order valence-electron chi connectivity index (χ2n) is 3.64. The second kappa shape index (κ2) is 3.64. The maximum atomic E-state index is 11.4. The van der Waals surface area contributed by atoms with E-state index in [2.05, 4.69) is 5.32 Å². The quantitative estimate of drug-likeness (QED) is 0.705. The predicted octanol–water partition coefficient (Wildman–Crippen LogP) is 0.104. The number of nitrogens with zero attached hydrogens (tertiary/aromatic N) is 1. The van der Waals surface area contributed by atoms with Crippen molar-refractivity contribution >= 4 is 32.4 Å². The Morgan fingerprint density at radius 1 is 1.25 bits per heavy atom. The molecule has 1 N–H and O–H groups in total. The van der Waals surface area contributed by atoms with Gasteiger partial charge in [0.25, 0.3) is 5.91 Å². The molecule has 5 nitrogen and oxygen atoms in total. The molecule has 1 amide bonds. The highest BCUT2D eigenvalue weighted by Gasteiger charge is 2.27. The van der Waals surface area contributed by atoms with Gasteiger partial charge in [0.05, 0.1) is 5.69 Å². The van der Waals surface area contributed by atoms with Crippen molar-refractivity contribution in [1.29, 1.82) is 0 Å². The van der Waals surface area contributed by atoms with Crippen LogP contribution in [0.15, 0.2) is 18.2 Å². The molecule has 1 aromatic rings. The zero-order chi connectivity index (χ0) is 11.9. The molecule has 1 aliphatic heterocycles. The third-order valence-corrected chi connectivity index (χ3v) is 3.12. The van der Waals surface area contributed by atoms with Crippen LogP contribution >= 0.6 is 0 Å². The normalized spacial score (nSPS) is 13.4. The van der Waals surface area contributed by atoms with Crippen LogP contribution in [-0.4, -0.2) is 33.3 Å². The summed E-state index contributed by atoms with van der Waals surface area (Å²) in [5.74, 6) is -0.570. The SMILES string of the molecule is CN(C)c1ccc2c(c1)C(=S(=O)=O)C(=O)N2. The van der Waals surface area contributed by atoms with Crippen LogP contribution in [0.3, 0.4) is 0 Å². The van der Waals surface area contributed by atoms with Crippen molar-refractivity contribution in [2.45, 2.75) is 0 Å². The Labute approximate surface area is 94.2 Å². The van der Waals surface area contributed by atoms with Crippen LogP contribution in [0, 0.1) is 0 Å². The molecule has 6 heteroatoms. The fraction of sp³-hybridized carbons (Fsp3) is 0.200. The fourth-order valence-electron chi connectivity index (χ4n) is 1.57. The lowest BCUT2D eigenvalue weighted by atomic mass is 10.1. The average molecular weight is 238 g/mol. The van der Waals surface area contributed by atoms with Crippen molar-refractivity contribution in [2.24, 2.45) is 0 Å². The summed E-state index contributed by atoms with van der Waals surface area (Å²) in [4.78, 5) is 13.0. The van der Waals surface area contributed by atoms with Gasteiger partial charge in [-0.25, -0.2) is 0 Å². The van der Waals surface area contributed by atoms with Crippen molar-refractivity contribution in [3.05, 3.63) is 23.8 Å². The van der Waals surface area contributed by atoms with Gasteiger partial charge < -0.3 is 10.2 Å². The van der Waals surface area contributed by atoms with E-state index in [9.17, 15) is 13.2 Å². The molecule has 0 saturated carbocycles. The minimum atomic E-state index is -2.52. The highest BCUT2D eigenvalue weighted by Crippen LogP contribution is 2.27. The molecule has 1 aliphatic rings. The number of carbonyl (C=O) groups is 1.